The van der Waals surface area contributed by atoms with Gasteiger partial charge in [-0.05, 0) is 49.8 Å². The molecule has 1 aliphatic carbocycles. The molecule has 0 fully saturated rings. The van der Waals surface area contributed by atoms with Gasteiger partial charge in [0.15, 0.2) is 11.0 Å². The molecule has 0 radical (unpaired) electrons. The van der Waals surface area contributed by atoms with Gasteiger partial charge in [-0.25, -0.2) is 0 Å². The molecule has 3 N–H and O–H groups in total. The van der Waals surface area contributed by atoms with Crippen LogP contribution in [0.5, 0.6) is 5.75 Å². The Morgan fingerprint density at radius 1 is 1.36 bits per heavy atom. The van der Waals surface area contributed by atoms with Crippen molar-refractivity contribution in [3.05, 3.63) is 40.3 Å². The van der Waals surface area contributed by atoms with Gasteiger partial charge in [0.05, 0.1) is 18.4 Å². The van der Waals surface area contributed by atoms with Gasteiger partial charge in [-0.2, -0.15) is 0 Å². The number of carbonyl (C=O) groups excluding carboxylic acids is 2. The molecule has 8 nitrogen and oxygen atoms in total. The summed E-state index contributed by atoms with van der Waals surface area (Å²) in [5.74, 6) is 1.48. The number of carbonyl (C=O) groups is 2. The Balaban J connectivity index is 1.48. The first-order valence-corrected chi connectivity index (χ1v) is 12.7. The number of nitrogens with zero attached hydrogens (tertiary/aromatic N) is 3. The zero-order chi connectivity index (χ0) is 23.5. The molecule has 10 heteroatoms. The number of hydrogen-bond acceptors (Lipinski definition) is 7. The first kappa shape index (κ1) is 23.3. The van der Waals surface area contributed by atoms with Gasteiger partial charge >= 0.3 is 0 Å². The van der Waals surface area contributed by atoms with Crippen molar-refractivity contribution in [2.24, 2.45) is 11.7 Å². The molecular weight excluding hydrogens is 458 g/mol. The summed E-state index contributed by atoms with van der Waals surface area (Å²) in [6, 6.07) is 7.63. The van der Waals surface area contributed by atoms with Crippen LogP contribution in [0.15, 0.2) is 29.4 Å². The first-order valence-electron chi connectivity index (χ1n) is 10.9. The van der Waals surface area contributed by atoms with E-state index in [2.05, 4.69) is 22.4 Å². The molecule has 3 aromatic rings. The number of thiophene rings is 1. The van der Waals surface area contributed by atoms with Gasteiger partial charge in [0.1, 0.15) is 10.8 Å². The standard InChI is InChI=1S/C23H27N5O3S2/c1-4-28-21(14-6-5-7-15(11-14)31-3)26-27-23(28)32-12-18(29)25-22-19(20(24)30)16-9-8-13(2)10-17(16)33-22/h5-7,11,13H,4,8-10,12H2,1-3H3,(H2,24,30)(H,25,29). The molecule has 1 unspecified atom stereocenters. The smallest absolute Gasteiger partial charge is 0.251 e. The van der Waals surface area contributed by atoms with E-state index in [0.717, 1.165) is 46.8 Å². The van der Waals surface area contributed by atoms with Crippen molar-refractivity contribution in [1.29, 1.82) is 0 Å². The summed E-state index contributed by atoms with van der Waals surface area (Å²) < 4.78 is 7.27. The van der Waals surface area contributed by atoms with Crippen LogP contribution in [0.3, 0.4) is 0 Å². The maximum atomic E-state index is 12.7. The van der Waals surface area contributed by atoms with E-state index in [0.29, 0.717) is 28.2 Å². The van der Waals surface area contributed by atoms with Crippen molar-refractivity contribution in [2.45, 2.75) is 44.8 Å². The summed E-state index contributed by atoms with van der Waals surface area (Å²) >= 11 is 2.78. The van der Waals surface area contributed by atoms with E-state index in [1.165, 1.54) is 23.1 Å². The van der Waals surface area contributed by atoms with Crippen LogP contribution in [0.2, 0.25) is 0 Å². The van der Waals surface area contributed by atoms with E-state index < -0.39 is 5.91 Å². The Morgan fingerprint density at radius 3 is 2.91 bits per heavy atom. The summed E-state index contributed by atoms with van der Waals surface area (Å²) in [7, 11) is 1.62. The predicted molar refractivity (Wildman–Crippen MR) is 131 cm³/mol. The number of nitrogens with one attached hydrogen (secondary N) is 1. The second kappa shape index (κ2) is 9.96. The monoisotopic (exact) mass is 485 g/mol. The van der Waals surface area contributed by atoms with Gasteiger partial charge in [-0.3, -0.25) is 9.59 Å². The summed E-state index contributed by atoms with van der Waals surface area (Å²) in [4.78, 5) is 26.0. The van der Waals surface area contributed by atoms with Crippen molar-refractivity contribution in [3.8, 4) is 17.1 Å². The lowest BCUT2D eigenvalue weighted by atomic mass is 9.88. The maximum Gasteiger partial charge on any atom is 0.251 e. The van der Waals surface area contributed by atoms with Crippen LogP contribution in [-0.2, 0) is 24.2 Å². The Bertz CT molecular complexity index is 1190. The number of fused-ring (bicyclic) bond motifs is 1. The quantitative estimate of drug-likeness (QED) is 0.467. The molecule has 0 aliphatic heterocycles. The fraction of sp³-hybridized carbons (Fsp3) is 0.391. The van der Waals surface area contributed by atoms with Crippen LogP contribution in [0.1, 0.15) is 41.1 Å². The second-order valence-electron chi connectivity index (χ2n) is 8.04. The highest BCUT2D eigenvalue weighted by Gasteiger charge is 2.27. The van der Waals surface area contributed by atoms with Crippen molar-refractivity contribution in [1.82, 2.24) is 14.8 Å². The van der Waals surface area contributed by atoms with Gasteiger partial charge in [-0.15, -0.1) is 21.5 Å². The maximum absolute atomic E-state index is 12.7. The number of thioether (sulfide) groups is 1. The molecule has 0 spiro atoms. The van der Waals surface area contributed by atoms with Crippen molar-refractivity contribution >= 4 is 39.9 Å². The van der Waals surface area contributed by atoms with Crippen LogP contribution in [0, 0.1) is 5.92 Å². The molecule has 4 rings (SSSR count). The second-order valence-corrected chi connectivity index (χ2v) is 10.1. The molecule has 0 bridgehead atoms. The highest BCUT2D eigenvalue weighted by molar-refractivity contribution is 7.99. The van der Waals surface area contributed by atoms with Crippen molar-refractivity contribution < 1.29 is 14.3 Å². The minimum Gasteiger partial charge on any atom is -0.497 e. The number of methoxy groups -OCH3 is 1. The molecule has 2 aromatic heterocycles. The summed E-state index contributed by atoms with van der Waals surface area (Å²) in [6.45, 7) is 4.86. The molecule has 1 atom stereocenters. The highest BCUT2D eigenvalue weighted by Crippen LogP contribution is 2.39. The number of primary amides is 1. The summed E-state index contributed by atoms with van der Waals surface area (Å²) in [5.41, 5.74) is 8.02. The molecule has 0 saturated carbocycles. The number of amides is 2. The minimum absolute atomic E-state index is 0.146. The Hall–Kier alpha value is -2.85. The zero-order valence-corrected chi connectivity index (χ0v) is 20.5. The zero-order valence-electron chi connectivity index (χ0n) is 18.9. The normalized spacial score (nSPS) is 15.2. The van der Waals surface area contributed by atoms with E-state index in [-0.39, 0.29) is 11.7 Å². The van der Waals surface area contributed by atoms with Gasteiger partial charge in [0.25, 0.3) is 5.91 Å². The van der Waals surface area contributed by atoms with E-state index in [1.807, 2.05) is 35.8 Å². The molecule has 2 heterocycles. The van der Waals surface area contributed by atoms with Gasteiger partial charge in [-0.1, -0.05) is 30.8 Å². The SMILES string of the molecule is CCn1c(SCC(=O)Nc2sc3c(c2C(N)=O)CCC(C)C3)nnc1-c1cccc(OC)c1. The van der Waals surface area contributed by atoms with Crippen molar-refractivity contribution in [3.63, 3.8) is 0 Å². The minimum atomic E-state index is -0.487. The van der Waals surface area contributed by atoms with Crippen molar-refractivity contribution in [2.75, 3.05) is 18.2 Å². The average molecular weight is 486 g/mol. The number of benzene rings is 1. The number of ether oxygens (including phenoxy) is 1. The molecule has 1 aliphatic rings. The lowest BCUT2D eigenvalue weighted by molar-refractivity contribution is -0.113. The van der Waals surface area contributed by atoms with Crippen LogP contribution in [0.4, 0.5) is 5.00 Å². The number of hydrogen-bond donors (Lipinski definition) is 2. The first-order chi connectivity index (χ1) is 15.9. The summed E-state index contributed by atoms with van der Waals surface area (Å²) in [6.07, 6.45) is 2.76. The summed E-state index contributed by atoms with van der Waals surface area (Å²) in [5, 5.41) is 12.7. The topological polar surface area (TPSA) is 112 Å². The number of rotatable bonds is 8. The van der Waals surface area contributed by atoms with E-state index >= 15 is 0 Å². The Morgan fingerprint density at radius 2 is 2.18 bits per heavy atom. The van der Waals surface area contributed by atoms with E-state index in [4.69, 9.17) is 10.5 Å². The van der Waals surface area contributed by atoms with Gasteiger partial charge in [0.2, 0.25) is 5.91 Å². The highest BCUT2D eigenvalue weighted by atomic mass is 32.2. The lowest BCUT2D eigenvalue weighted by Gasteiger charge is -2.18. The van der Waals surface area contributed by atoms with Gasteiger partial charge in [0, 0.05) is 17.0 Å². The fourth-order valence-corrected chi connectivity index (χ4v) is 6.28. The molecular formula is C23H27N5O3S2. The average Bonchev–Trinajstić information content (AvgIpc) is 3.37. The third kappa shape index (κ3) is 4.91. The lowest BCUT2D eigenvalue weighted by Crippen LogP contribution is -2.20. The van der Waals surface area contributed by atoms with Crippen LogP contribution in [-0.4, -0.2) is 39.4 Å². The molecule has 174 valence electrons. The van der Waals surface area contributed by atoms with Crippen LogP contribution >= 0.6 is 23.1 Å². The van der Waals surface area contributed by atoms with Crippen LogP contribution < -0.4 is 15.8 Å². The molecule has 33 heavy (non-hydrogen) atoms. The largest absolute Gasteiger partial charge is 0.497 e. The predicted octanol–water partition coefficient (Wildman–Crippen LogP) is 3.99. The number of aromatic nitrogens is 3. The molecule has 2 amide bonds. The number of anilines is 1. The van der Waals surface area contributed by atoms with E-state index in [9.17, 15) is 9.59 Å². The van der Waals surface area contributed by atoms with Crippen LogP contribution in [0.25, 0.3) is 11.4 Å². The van der Waals surface area contributed by atoms with Gasteiger partial charge < -0.3 is 20.4 Å². The molecule has 0 saturated heterocycles. The Labute approximate surface area is 200 Å². The fourth-order valence-electron chi connectivity index (χ4n) is 4.05. The number of nitrogens with two attached hydrogens (primary N) is 1. The third-order valence-corrected chi connectivity index (χ3v) is 7.84. The Kier molecular flexibility index (Phi) is 7.04. The molecule has 1 aromatic carbocycles. The third-order valence-electron chi connectivity index (χ3n) is 5.70. The van der Waals surface area contributed by atoms with E-state index in [1.54, 1.807) is 7.11 Å².